The van der Waals surface area contributed by atoms with Crippen molar-refractivity contribution in [3.8, 4) is 5.75 Å². The standard InChI is InChI=1S/C22H21N3O3/c1-14(2)12-25-19-10-16(7-8-20(19)28-13-22(25)27)24-21(26)9-15-11-23-18-6-4-3-5-17(15)18/h3-8,10-11,23H,1,9,12-13H2,2H3,(H,24,26). The Balaban J connectivity index is 1.53. The zero-order valence-corrected chi connectivity index (χ0v) is 15.6. The van der Waals surface area contributed by atoms with Crippen molar-refractivity contribution in [3.05, 3.63) is 66.4 Å². The topological polar surface area (TPSA) is 74.4 Å². The third-order valence-corrected chi connectivity index (χ3v) is 4.64. The van der Waals surface area contributed by atoms with Crippen LogP contribution in [0, 0.1) is 0 Å². The van der Waals surface area contributed by atoms with Crippen LogP contribution in [0.25, 0.3) is 10.9 Å². The van der Waals surface area contributed by atoms with Crippen molar-refractivity contribution in [1.82, 2.24) is 4.98 Å². The number of ether oxygens (including phenoxy) is 1. The molecule has 4 rings (SSSR count). The molecule has 0 radical (unpaired) electrons. The van der Waals surface area contributed by atoms with Gasteiger partial charge in [-0.25, -0.2) is 0 Å². The number of amides is 2. The summed E-state index contributed by atoms with van der Waals surface area (Å²) in [5, 5.41) is 3.95. The van der Waals surface area contributed by atoms with E-state index < -0.39 is 0 Å². The lowest BCUT2D eigenvalue weighted by atomic mass is 10.1. The van der Waals surface area contributed by atoms with Crippen LogP contribution in [0.3, 0.4) is 0 Å². The van der Waals surface area contributed by atoms with E-state index >= 15 is 0 Å². The van der Waals surface area contributed by atoms with Crippen molar-refractivity contribution in [2.24, 2.45) is 0 Å². The van der Waals surface area contributed by atoms with E-state index in [1.54, 1.807) is 23.1 Å². The number of benzene rings is 2. The van der Waals surface area contributed by atoms with E-state index in [0.717, 1.165) is 22.0 Å². The quantitative estimate of drug-likeness (QED) is 0.669. The maximum atomic E-state index is 12.6. The summed E-state index contributed by atoms with van der Waals surface area (Å²) in [6.45, 7) is 6.18. The Bertz CT molecular complexity index is 1080. The SMILES string of the molecule is C=C(C)CN1C(=O)COc2ccc(NC(=O)Cc3c[nH]c4ccccc34)cc21. The molecule has 0 fully saturated rings. The van der Waals surface area contributed by atoms with Crippen LogP contribution < -0.4 is 15.0 Å². The van der Waals surface area contributed by atoms with Crippen molar-refractivity contribution >= 4 is 34.1 Å². The largest absolute Gasteiger partial charge is 0.482 e. The molecule has 1 aromatic heterocycles. The third-order valence-electron chi connectivity index (χ3n) is 4.64. The van der Waals surface area contributed by atoms with Gasteiger partial charge in [0.15, 0.2) is 6.61 Å². The highest BCUT2D eigenvalue weighted by Gasteiger charge is 2.26. The smallest absolute Gasteiger partial charge is 0.265 e. The minimum atomic E-state index is -0.127. The fraction of sp³-hybridized carbons (Fsp3) is 0.182. The molecule has 1 aliphatic heterocycles. The molecular weight excluding hydrogens is 354 g/mol. The molecule has 0 unspecified atom stereocenters. The van der Waals surface area contributed by atoms with Gasteiger partial charge in [-0.2, -0.15) is 0 Å². The number of nitrogens with zero attached hydrogens (tertiary/aromatic N) is 1. The van der Waals surface area contributed by atoms with Crippen LogP contribution in [-0.4, -0.2) is 29.9 Å². The van der Waals surface area contributed by atoms with Gasteiger partial charge in [-0.1, -0.05) is 30.4 Å². The van der Waals surface area contributed by atoms with Gasteiger partial charge in [-0.05, 0) is 36.8 Å². The van der Waals surface area contributed by atoms with Crippen LogP contribution >= 0.6 is 0 Å². The Morgan fingerprint density at radius 2 is 2.11 bits per heavy atom. The van der Waals surface area contributed by atoms with Crippen LogP contribution in [0.15, 0.2) is 60.8 Å². The minimum absolute atomic E-state index is 0.00650. The normalized spacial score (nSPS) is 13.2. The van der Waals surface area contributed by atoms with Gasteiger partial charge in [-0.3, -0.25) is 9.59 Å². The molecule has 28 heavy (non-hydrogen) atoms. The summed E-state index contributed by atoms with van der Waals surface area (Å²) in [5.74, 6) is 0.368. The monoisotopic (exact) mass is 375 g/mol. The summed E-state index contributed by atoms with van der Waals surface area (Å²) in [4.78, 5) is 29.6. The molecule has 6 nitrogen and oxygen atoms in total. The highest BCUT2D eigenvalue weighted by molar-refractivity contribution is 6.00. The van der Waals surface area contributed by atoms with Gasteiger partial charge >= 0.3 is 0 Å². The van der Waals surface area contributed by atoms with Crippen molar-refractivity contribution in [2.45, 2.75) is 13.3 Å². The first kappa shape index (κ1) is 17.9. The lowest BCUT2D eigenvalue weighted by Gasteiger charge is -2.30. The molecule has 0 saturated carbocycles. The molecule has 142 valence electrons. The lowest BCUT2D eigenvalue weighted by molar-refractivity contribution is -0.121. The summed E-state index contributed by atoms with van der Waals surface area (Å²) in [7, 11) is 0. The highest BCUT2D eigenvalue weighted by atomic mass is 16.5. The first-order valence-corrected chi connectivity index (χ1v) is 9.07. The number of rotatable bonds is 5. The predicted octanol–water partition coefficient (Wildman–Crippen LogP) is 3.65. The maximum Gasteiger partial charge on any atom is 0.265 e. The second-order valence-electron chi connectivity index (χ2n) is 6.99. The van der Waals surface area contributed by atoms with E-state index in [-0.39, 0.29) is 24.8 Å². The number of hydrogen-bond donors (Lipinski definition) is 2. The number of carbonyl (C=O) groups excluding carboxylic acids is 2. The van der Waals surface area contributed by atoms with Gasteiger partial charge in [0.05, 0.1) is 12.1 Å². The van der Waals surface area contributed by atoms with E-state index in [2.05, 4.69) is 16.9 Å². The Morgan fingerprint density at radius 1 is 1.29 bits per heavy atom. The van der Waals surface area contributed by atoms with Crippen molar-refractivity contribution in [3.63, 3.8) is 0 Å². The van der Waals surface area contributed by atoms with Gasteiger partial charge < -0.3 is 19.9 Å². The number of carbonyl (C=O) groups is 2. The Morgan fingerprint density at radius 3 is 2.93 bits per heavy atom. The Kier molecular flexibility index (Phi) is 4.61. The highest BCUT2D eigenvalue weighted by Crippen LogP contribution is 2.35. The fourth-order valence-electron chi connectivity index (χ4n) is 3.38. The van der Waals surface area contributed by atoms with E-state index in [9.17, 15) is 9.59 Å². The van der Waals surface area contributed by atoms with Gasteiger partial charge in [0.2, 0.25) is 5.91 Å². The van der Waals surface area contributed by atoms with Crippen LogP contribution in [0.4, 0.5) is 11.4 Å². The summed E-state index contributed by atoms with van der Waals surface area (Å²) in [6.07, 6.45) is 2.12. The molecule has 2 amide bonds. The molecule has 0 aliphatic carbocycles. The van der Waals surface area contributed by atoms with Gasteiger partial charge in [-0.15, -0.1) is 0 Å². The molecule has 0 saturated heterocycles. The maximum absolute atomic E-state index is 12.6. The number of H-pyrrole nitrogens is 1. The molecule has 2 aromatic carbocycles. The molecular formula is C22H21N3O3. The molecule has 2 N–H and O–H groups in total. The van der Waals surface area contributed by atoms with Crippen LogP contribution in [-0.2, 0) is 16.0 Å². The molecule has 0 atom stereocenters. The number of aromatic amines is 1. The summed E-state index contributed by atoms with van der Waals surface area (Å²) >= 11 is 0. The average Bonchev–Trinajstić information content (AvgIpc) is 3.07. The number of nitrogens with one attached hydrogen (secondary N) is 2. The molecule has 1 aliphatic rings. The number of hydrogen-bond acceptors (Lipinski definition) is 3. The summed E-state index contributed by atoms with van der Waals surface area (Å²) in [6, 6.07) is 13.2. The zero-order chi connectivity index (χ0) is 19.7. The Hall–Kier alpha value is -3.54. The minimum Gasteiger partial charge on any atom is -0.482 e. The average molecular weight is 375 g/mol. The fourth-order valence-corrected chi connectivity index (χ4v) is 3.38. The van der Waals surface area contributed by atoms with Gasteiger partial charge in [0, 0.05) is 29.3 Å². The first-order valence-electron chi connectivity index (χ1n) is 9.07. The van der Waals surface area contributed by atoms with Crippen LogP contribution in [0.2, 0.25) is 0 Å². The van der Waals surface area contributed by atoms with Crippen molar-refractivity contribution in [2.75, 3.05) is 23.4 Å². The summed E-state index contributed by atoms with van der Waals surface area (Å²) in [5.41, 5.74) is 4.08. The van der Waals surface area contributed by atoms with Crippen LogP contribution in [0.1, 0.15) is 12.5 Å². The molecule has 6 heteroatoms. The van der Waals surface area contributed by atoms with Gasteiger partial charge in [0.25, 0.3) is 5.91 Å². The van der Waals surface area contributed by atoms with Crippen molar-refractivity contribution < 1.29 is 14.3 Å². The number of aromatic nitrogens is 1. The lowest BCUT2D eigenvalue weighted by Crippen LogP contribution is -2.39. The number of anilines is 2. The van der Waals surface area contributed by atoms with E-state index in [0.29, 0.717) is 23.7 Å². The third kappa shape index (κ3) is 3.49. The van der Waals surface area contributed by atoms with E-state index in [4.69, 9.17) is 4.74 Å². The first-order chi connectivity index (χ1) is 13.5. The molecule has 2 heterocycles. The molecule has 3 aromatic rings. The predicted molar refractivity (Wildman–Crippen MR) is 110 cm³/mol. The Labute approximate surface area is 162 Å². The second kappa shape index (κ2) is 7.23. The molecule has 0 spiro atoms. The number of fused-ring (bicyclic) bond motifs is 2. The van der Waals surface area contributed by atoms with E-state index in [1.807, 2.05) is 37.4 Å². The van der Waals surface area contributed by atoms with E-state index in [1.165, 1.54) is 0 Å². The molecule has 0 bridgehead atoms. The number of para-hydroxylation sites is 1. The van der Waals surface area contributed by atoms with Gasteiger partial charge in [0.1, 0.15) is 5.75 Å². The summed E-state index contributed by atoms with van der Waals surface area (Å²) < 4.78 is 5.50. The van der Waals surface area contributed by atoms with Crippen LogP contribution in [0.5, 0.6) is 5.75 Å². The zero-order valence-electron chi connectivity index (χ0n) is 15.6. The second-order valence-corrected chi connectivity index (χ2v) is 6.99. The van der Waals surface area contributed by atoms with Crippen molar-refractivity contribution in [1.29, 1.82) is 0 Å².